The van der Waals surface area contributed by atoms with Gasteiger partial charge in [-0.25, -0.2) is 0 Å². The maximum Gasteiger partial charge on any atom is 0.122 e. The Labute approximate surface area is 116 Å². The predicted molar refractivity (Wildman–Crippen MR) is 77.2 cm³/mol. The van der Waals surface area contributed by atoms with E-state index in [0.29, 0.717) is 5.75 Å². The third-order valence-electron chi connectivity index (χ3n) is 2.80. The second-order valence-corrected chi connectivity index (χ2v) is 6.02. The number of hydrogen-bond donors (Lipinski definition) is 1. The first-order valence-corrected chi connectivity index (χ1v) is 6.88. The lowest BCUT2D eigenvalue weighted by atomic mass is 9.81. The van der Waals surface area contributed by atoms with Gasteiger partial charge in [0.25, 0.3) is 0 Å². The Morgan fingerprint density at radius 3 is 2.62 bits per heavy atom. The van der Waals surface area contributed by atoms with E-state index in [4.69, 9.17) is 16.3 Å². The molecule has 0 spiro atoms. The molecule has 0 amide bonds. The molecular weight excluding hydrogens is 308 g/mol. The minimum absolute atomic E-state index is 0.0426. The molecule has 1 aromatic rings. The average molecular weight is 324 g/mol. The average Bonchev–Trinajstić information content (AvgIpc) is 2.27. The molecule has 0 aliphatic rings. The maximum atomic E-state index is 6.33. The highest BCUT2D eigenvalue weighted by molar-refractivity contribution is 9.10. The lowest BCUT2D eigenvalue weighted by Crippen LogP contribution is -2.31. The number of rotatable bonds is 4. The van der Waals surface area contributed by atoms with Crippen molar-refractivity contribution in [3.63, 3.8) is 0 Å². The molecule has 0 bridgehead atoms. The third-order valence-corrected chi connectivity index (χ3v) is 4.57. The van der Waals surface area contributed by atoms with E-state index in [1.54, 1.807) is 7.11 Å². The van der Waals surface area contributed by atoms with Gasteiger partial charge in [-0.3, -0.25) is 0 Å². The molecule has 0 radical (unpaired) electrons. The third kappa shape index (κ3) is 2.88. The van der Waals surface area contributed by atoms with Crippen LogP contribution < -0.4 is 4.74 Å². The molecule has 0 saturated carbocycles. The highest BCUT2D eigenvalue weighted by Crippen LogP contribution is 2.38. The Morgan fingerprint density at radius 1 is 1.50 bits per heavy atom. The lowest BCUT2D eigenvalue weighted by Gasteiger charge is -2.31. The van der Waals surface area contributed by atoms with Gasteiger partial charge < -0.3 is 4.74 Å². The van der Waals surface area contributed by atoms with Gasteiger partial charge in [0.05, 0.1) is 12.5 Å². The van der Waals surface area contributed by atoms with Crippen LogP contribution in [0.2, 0.25) is 0 Å². The molecule has 16 heavy (non-hydrogen) atoms. The van der Waals surface area contributed by atoms with Gasteiger partial charge in [0.15, 0.2) is 0 Å². The predicted octanol–water partition coefficient (Wildman–Crippen LogP) is 4.27. The van der Waals surface area contributed by atoms with Gasteiger partial charge in [-0.1, -0.05) is 29.8 Å². The number of benzene rings is 1. The fourth-order valence-corrected chi connectivity index (χ4v) is 2.52. The van der Waals surface area contributed by atoms with Crippen molar-refractivity contribution in [2.75, 3.05) is 12.9 Å². The molecular formula is C12H16BrClOS. The van der Waals surface area contributed by atoms with Crippen molar-refractivity contribution in [2.45, 2.75) is 24.6 Å². The highest BCUT2D eigenvalue weighted by atomic mass is 79.9. The van der Waals surface area contributed by atoms with Gasteiger partial charge in [-0.05, 0) is 18.2 Å². The zero-order valence-electron chi connectivity index (χ0n) is 9.63. The number of halogens is 2. The Bertz CT molecular complexity index is 368. The number of hydrogen-bond acceptors (Lipinski definition) is 2. The molecule has 0 heterocycles. The van der Waals surface area contributed by atoms with E-state index < -0.39 is 0 Å². The fourth-order valence-electron chi connectivity index (χ4n) is 1.58. The summed E-state index contributed by atoms with van der Waals surface area (Å²) in [6, 6.07) is 5.96. The van der Waals surface area contributed by atoms with Crippen LogP contribution in [0.3, 0.4) is 0 Å². The summed E-state index contributed by atoms with van der Waals surface area (Å²) in [6.45, 7) is 4.20. The Balaban J connectivity index is 3.24. The molecule has 0 fully saturated rings. The van der Waals surface area contributed by atoms with Gasteiger partial charge in [0, 0.05) is 21.2 Å². The van der Waals surface area contributed by atoms with Crippen molar-refractivity contribution in [3.05, 3.63) is 28.2 Å². The van der Waals surface area contributed by atoms with E-state index in [2.05, 4.69) is 48.5 Å². The van der Waals surface area contributed by atoms with Crippen LogP contribution in [0.4, 0.5) is 0 Å². The summed E-state index contributed by atoms with van der Waals surface area (Å²) in [5.41, 5.74) is 0.914. The van der Waals surface area contributed by atoms with Crippen LogP contribution in [-0.2, 0) is 5.41 Å². The van der Waals surface area contributed by atoms with E-state index in [9.17, 15) is 0 Å². The highest BCUT2D eigenvalue weighted by Gasteiger charge is 2.31. The van der Waals surface area contributed by atoms with Gasteiger partial charge in [0.1, 0.15) is 5.75 Å². The molecule has 1 atom stereocenters. The SMILES string of the molecule is COc1ccc(Br)cc1C(C)(C)C(Cl)CS. The molecule has 0 saturated heterocycles. The summed E-state index contributed by atoms with van der Waals surface area (Å²) in [5.74, 6) is 1.49. The molecule has 0 aliphatic heterocycles. The molecule has 1 unspecified atom stereocenters. The summed E-state index contributed by atoms with van der Waals surface area (Å²) < 4.78 is 6.40. The van der Waals surface area contributed by atoms with Crippen molar-refractivity contribution in [2.24, 2.45) is 0 Å². The number of methoxy groups -OCH3 is 1. The van der Waals surface area contributed by atoms with Crippen LogP contribution in [-0.4, -0.2) is 18.2 Å². The molecule has 0 aromatic heterocycles. The van der Waals surface area contributed by atoms with Crippen molar-refractivity contribution in [1.29, 1.82) is 0 Å². The van der Waals surface area contributed by atoms with Crippen LogP contribution in [0.1, 0.15) is 19.4 Å². The van der Waals surface area contributed by atoms with E-state index in [0.717, 1.165) is 15.8 Å². The van der Waals surface area contributed by atoms with Gasteiger partial charge in [0.2, 0.25) is 0 Å². The van der Waals surface area contributed by atoms with Crippen LogP contribution >= 0.6 is 40.2 Å². The molecule has 0 aliphatic carbocycles. The summed E-state index contributed by atoms with van der Waals surface area (Å²) in [6.07, 6.45) is 0. The first-order chi connectivity index (χ1) is 7.43. The monoisotopic (exact) mass is 322 g/mol. The van der Waals surface area contributed by atoms with Crippen LogP contribution in [0.15, 0.2) is 22.7 Å². The minimum Gasteiger partial charge on any atom is -0.496 e. The maximum absolute atomic E-state index is 6.33. The molecule has 90 valence electrons. The number of alkyl halides is 1. The lowest BCUT2D eigenvalue weighted by molar-refractivity contribution is 0.391. The molecule has 1 rings (SSSR count). The van der Waals surface area contributed by atoms with Gasteiger partial charge >= 0.3 is 0 Å². The van der Waals surface area contributed by atoms with Gasteiger partial charge in [-0.2, -0.15) is 12.6 Å². The second-order valence-electron chi connectivity index (χ2n) is 4.22. The summed E-state index contributed by atoms with van der Waals surface area (Å²) in [7, 11) is 1.67. The van der Waals surface area contributed by atoms with E-state index >= 15 is 0 Å². The van der Waals surface area contributed by atoms with Crippen molar-refractivity contribution in [3.8, 4) is 5.75 Å². The van der Waals surface area contributed by atoms with Crippen molar-refractivity contribution < 1.29 is 4.74 Å². The Morgan fingerprint density at radius 2 is 2.12 bits per heavy atom. The summed E-state index contributed by atoms with van der Waals surface area (Å²) in [4.78, 5) is 0. The zero-order valence-corrected chi connectivity index (χ0v) is 12.9. The normalized spacial score (nSPS) is 13.6. The molecule has 4 heteroatoms. The Kier molecular flexibility index (Phi) is 5.02. The topological polar surface area (TPSA) is 9.23 Å². The fraction of sp³-hybridized carbons (Fsp3) is 0.500. The van der Waals surface area contributed by atoms with E-state index in [1.807, 2.05) is 12.1 Å². The van der Waals surface area contributed by atoms with Crippen LogP contribution in [0.5, 0.6) is 5.75 Å². The molecule has 1 nitrogen and oxygen atoms in total. The van der Waals surface area contributed by atoms with Crippen molar-refractivity contribution in [1.82, 2.24) is 0 Å². The number of thiol groups is 1. The summed E-state index contributed by atoms with van der Waals surface area (Å²) in [5, 5.41) is -0.0426. The zero-order chi connectivity index (χ0) is 12.3. The quantitative estimate of drug-likeness (QED) is 0.643. The largest absolute Gasteiger partial charge is 0.496 e. The van der Waals surface area contributed by atoms with Crippen LogP contribution in [0, 0.1) is 0 Å². The molecule has 0 N–H and O–H groups in total. The van der Waals surface area contributed by atoms with Crippen LogP contribution in [0.25, 0.3) is 0 Å². The standard InChI is InChI=1S/C12H16BrClOS/c1-12(2,11(14)7-16)9-6-8(13)4-5-10(9)15-3/h4-6,11,16H,7H2,1-3H3. The van der Waals surface area contributed by atoms with Gasteiger partial charge in [-0.15, -0.1) is 11.6 Å². The van der Waals surface area contributed by atoms with E-state index in [-0.39, 0.29) is 10.8 Å². The second kappa shape index (κ2) is 5.65. The first kappa shape index (κ1) is 14.2. The Hall–Kier alpha value is 0.140. The number of ether oxygens (including phenoxy) is 1. The summed E-state index contributed by atoms with van der Waals surface area (Å²) >= 11 is 14.1. The minimum atomic E-state index is -0.182. The van der Waals surface area contributed by atoms with Crippen molar-refractivity contribution >= 4 is 40.2 Å². The smallest absolute Gasteiger partial charge is 0.122 e. The van der Waals surface area contributed by atoms with E-state index in [1.165, 1.54) is 0 Å². The first-order valence-electron chi connectivity index (χ1n) is 5.02. The molecule has 1 aromatic carbocycles.